The third kappa shape index (κ3) is 4.45. The van der Waals surface area contributed by atoms with Gasteiger partial charge in [0.2, 0.25) is 0 Å². The summed E-state index contributed by atoms with van der Waals surface area (Å²) >= 11 is 0. The Morgan fingerprint density at radius 3 is 2.79 bits per heavy atom. The highest BCUT2D eigenvalue weighted by atomic mass is 16.6. The summed E-state index contributed by atoms with van der Waals surface area (Å²) in [6.07, 6.45) is -1.30. The molecule has 0 spiro atoms. The van der Waals surface area contributed by atoms with Crippen molar-refractivity contribution in [1.29, 1.82) is 0 Å². The maximum Gasteiger partial charge on any atom is 0.407 e. The van der Waals surface area contributed by atoms with Crippen LogP contribution in [0.3, 0.4) is 0 Å². The van der Waals surface area contributed by atoms with E-state index in [1.54, 1.807) is 27.7 Å². The number of hydrogen-bond acceptors (Lipinski definition) is 6. The van der Waals surface area contributed by atoms with Crippen molar-refractivity contribution in [2.24, 2.45) is 0 Å². The molecule has 1 aromatic heterocycles. The lowest BCUT2D eigenvalue weighted by Gasteiger charge is -2.21. The molecule has 0 unspecified atom stereocenters. The van der Waals surface area contributed by atoms with Crippen molar-refractivity contribution in [1.82, 2.24) is 14.9 Å². The third-order valence-corrected chi connectivity index (χ3v) is 3.51. The summed E-state index contributed by atoms with van der Waals surface area (Å²) in [7, 11) is 0. The van der Waals surface area contributed by atoms with Gasteiger partial charge in [-0.15, -0.1) is 0 Å². The van der Waals surface area contributed by atoms with E-state index in [4.69, 9.17) is 9.47 Å². The van der Waals surface area contributed by atoms with Gasteiger partial charge in [-0.3, -0.25) is 14.3 Å². The molecule has 9 heteroatoms. The van der Waals surface area contributed by atoms with Crippen molar-refractivity contribution in [3.63, 3.8) is 0 Å². The van der Waals surface area contributed by atoms with Crippen LogP contribution in [0.4, 0.5) is 4.79 Å². The summed E-state index contributed by atoms with van der Waals surface area (Å²) in [6, 6.07) is 0. The number of aliphatic hydroxyl groups excluding tert-OH is 1. The molecule has 1 aliphatic rings. The Hall–Kier alpha value is -2.13. The first-order valence-corrected chi connectivity index (χ1v) is 7.69. The van der Waals surface area contributed by atoms with E-state index in [2.05, 4.69) is 10.3 Å². The fourth-order valence-corrected chi connectivity index (χ4v) is 2.37. The third-order valence-electron chi connectivity index (χ3n) is 3.51. The Bertz CT molecular complexity index is 717. The maximum absolute atomic E-state index is 11.9. The first-order chi connectivity index (χ1) is 11.1. The van der Waals surface area contributed by atoms with Crippen LogP contribution in [0.15, 0.2) is 15.8 Å². The predicted molar refractivity (Wildman–Crippen MR) is 84.8 cm³/mol. The Balaban J connectivity index is 2.00. The average Bonchev–Trinajstić information content (AvgIpc) is 2.80. The van der Waals surface area contributed by atoms with Gasteiger partial charge in [0.1, 0.15) is 17.9 Å². The Labute approximate surface area is 138 Å². The summed E-state index contributed by atoms with van der Waals surface area (Å²) in [4.78, 5) is 37.1. The van der Waals surface area contributed by atoms with Gasteiger partial charge in [0.05, 0.1) is 6.10 Å². The standard InChI is InChI=1S/C15H23N3O6/c1-8-7-18(13(21)17-12(8)20)11-5-9(19)10(23-11)6-16-14(22)24-15(2,3)4/h7,9-11,19H,5-6H2,1-4H3,(H,16,22)(H,17,20,21)/t9-,10+,11+/m0/s1. The van der Waals surface area contributed by atoms with Crippen molar-refractivity contribution >= 4 is 6.09 Å². The number of aryl methyl sites for hydroxylation is 1. The van der Waals surface area contributed by atoms with Gasteiger partial charge < -0.3 is 19.9 Å². The molecular formula is C15H23N3O6. The molecule has 3 N–H and O–H groups in total. The topological polar surface area (TPSA) is 123 Å². The van der Waals surface area contributed by atoms with Crippen molar-refractivity contribution in [3.8, 4) is 0 Å². The number of nitrogens with one attached hydrogen (secondary N) is 2. The Kier molecular flexibility index (Phi) is 5.14. The van der Waals surface area contributed by atoms with Crippen LogP contribution in [0, 0.1) is 6.92 Å². The average molecular weight is 341 g/mol. The largest absolute Gasteiger partial charge is 0.444 e. The minimum Gasteiger partial charge on any atom is -0.444 e. The first-order valence-electron chi connectivity index (χ1n) is 7.69. The van der Waals surface area contributed by atoms with Gasteiger partial charge in [-0.1, -0.05) is 0 Å². The second kappa shape index (κ2) is 6.78. The van der Waals surface area contributed by atoms with Crippen LogP contribution in [0.5, 0.6) is 0 Å². The van der Waals surface area contributed by atoms with E-state index in [-0.39, 0.29) is 13.0 Å². The molecule has 1 amide bonds. The molecule has 1 aromatic rings. The quantitative estimate of drug-likeness (QED) is 0.712. The summed E-state index contributed by atoms with van der Waals surface area (Å²) in [5, 5.41) is 12.6. The monoisotopic (exact) mass is 341 g/mol. The fourth-order valence-electron chi connectivity index (χ4n) is 2.37. The second-order valence-corrected chi connectivity index (χ2v) is 6.79. The zero-order valence-electron chi connectivity index (χ0n) is 14.2. The van der Waals surface area contributed by atoms with Gasteiger partial charge in [-0.25, -0.2) is 9.59 Å². The summed E-state index contributed by atoms with van der Waals surface area (Å²) in [6.45, 7) is 6.85. The van der Waals surface area contributed by atoms with Gasteiger partial charge in [-0.05, 0) is 27.7 Å². The minimum absolute atomic E-state index is 0.0453. The van der Waals surface area contributed by atoms with E-state index in [1.165, 1.54) is 10.8 Å². The van der Waals surface area contributed by atoms with E-state index in [0.717, 1.165) is 0 Å². The zero-order chi connectivity index (χ0) is 18.1. The van der Waals surface area contributed by atoms with Crippen LogP contribution in [-0.4, -0.2) is 45.1 Å². The lowest BCUT2D eigenvalue weighted by atomic mass is 10.2. The molecule has 1 aliphatic heterocycles. The van der Waals surface area contributed by atoms with E-state index < -0.39 is 41.4 Å². The molecule has 1 saturated heterocycles. The SMILES string of the molecule is Cc1cn([C@H]2C[C@H](O)[C@@H](CNC(=O)OC(C)(C)C)O2)c(=O)[nH]c1=O. The second-order valence-electron chi connectivity index (χ2n) is 6.79. The molecule has 134 valence electrons. The number of rotatable bonds is 3. The molecule has 2 rings (SSSR count). The summed E-state index contributed by atoms with van der Waals surface area (Å²) in [5.41, 5.74) is -1.33. The highest BCUT2D eigenvalue weighted by Gasteiger charge is 2.36. The lowest BCUT2D eigenvalue weighted by Crippen LogP contribution is -2.40. The van der Waals surface area contributed by atoms with E-state index in [1.807, 2.05) is 0 Å². The number of nitrogens with zero attached hydrogens (tertiary/aromatic N) is 1. The van der Waals surface area contributed by atoms with Gasteiger partial charge in [0.15, 0.2) is 0 Å². The van der Waals surface area contributed by atoms with Gasteiger partial charge >= 0.3 is 11.8 Å². The van der Waals surface area contributed by atoms with Crippen molar-refractivity contribution in [3.05, 3.63) is 32.6 Å². The summed E-state index contributed by atoms with van der Waals surface area (Å²) < 4.78 is 12.0. The van der Waals surface area contributed by atoms with Gasteiger partial charge in [-0.2, -0.15) is 0 Å². The van der Waals surface area contributed by atoms with Crippen LogP contribution in [0.1, 0.15) is 39.0 Å². The van der Waals surface area contributed by atoms with E-state index >= 15 is 0 Å². The molecular weight excluding hydrogens is 318 g/mol. The van der Waals surface area contributed by atoms with Crippen LogP contribution in [-0.2, 0) is 9.47 Å². The molecule has 0 aromatic carbocycles. The fraction of sp³-hybridized carbons (Fsp3) is 0.667. The number of ether oxygens (including phenoxy) is 2. The van der Waals surface area contributed by atoms with Gasteiger partial charge in [0.25, 0.3) is 5.56 Å². The highest BCUT2D eigenvalue weighted by Crippen LogP contribution is 2.27. The number of alkyl carbamates (subject to hydrolysis) is 1. The molecule has 9 nitrogen and oxygen atoms in total. The van der Waals surface area contributed by atoms with Crippen LogP contribution in [0.2, 0.25) is 0 Å². The van der Waals surface area contributed by atoms with Crippen molar-refractivity contribution in [2.75, 3.05) is 6.54 Å². The number of aromatic amines is 1. The molecule has 24 heavy (non-hydrogen) atoms. The zero-order valence-corrected chi connectivity index (χ0v) is 14.2. The van der Waals surface area contributed by atoms with Crippen LogP contribution < -0.4 is 16.6 Å². The molecule has 0 aliphatic carbocycles. The highest BCUT2D eigenvalue weighted by molar-refractivity contribution is 5.67. The Morgan fingerprint density at radius 1 is 1.50 bits per heavy atom. The summed E-state index contributed by atoms with van der Waals surface area (Å²) in [5.74, 6) is 0. The van der Waals surface area contributed by atoms with Gasteiger partial charge in [0, 0.05) is 24.7 Å². The Morgan fingerprint density at radius 2 is 2.17 bits per heavy atom. The van der Waals surface area contributed by atoms with E-state index in [0.29, 0.717) is 5.56 Å². The number of H-pyrrole nitrogens is 1. The van der Waals surface area contributed by atoms with Crippen molar-refractivity contribution in [2.45, 2.75) is 58.2 Å². The van der Waals surface area contributed by atoms with E-state index in [9.17, 15) is 19.5 Å². The number of carbonyl (C=O) groups is 1. The van der Waals surface area contributed by atoms with Crippen LogP contribution in [0.25, 0.3) is 0 Å². The minimum atomic E-state index is -0.857. The first kappa shape index (κ1) is 18.2. The van der Waals surface area contributed by atoms with Crippen LogP contribution >= 0.6 is 0 Å². The number of aromatic nitrogens is 2. The predicted octanol–water partition coefficient (Wildman–Crippen LogP) is 0.0181. The molecule has 0 bridgehead atoms. The maximum atomic E-state index is 11.9. The molecule has 0 saturated carbocycles. The van der Waals surface area contributed by atoms with Crippen molar-refractivity contribution < 1.29 is 19.4 Å². The number of aliphatic hydroxyl groups is 1. The smallest absolute Gasteiger partial charge is 0.407 e. The molecule has 2 heterocycles. The number of carbonyl (C=O) groups excluding carboxylic acids is 1. The number of amides is 1. The lowest BCUT2D eigenvalue weighted by molar-refractivity contribution is -0.0211. The number of hydrogen-bond donors (Lipinski definition) is 3. The molecule has 3 atom stereocenters. The normalized spacial score (nSPS) is 24.0. The molecule has 0 radical (unpaired) electrons. The molecule has 1 fully saturated rings.